The Morgan fingerprint density at radius 3 is 1.46 bits per heavy atom. The van der Waals surface area contributed by atoms with E-state index in [-0.39, 0.29) is 0 Å². The van der Waals surface area contributed by atoms with E-state index in [1.807, 2.05) is 0 Å². The van der Waals surface area contributed by atoms with Crippen LogP contribution in [0.4, 0.5) is 11.6 Å². The number of hydrogen-bond acceptors (Lipinski definition) is 6. The number of rotatable bonds is 24. The number of hydrogen-bond donors (Lipinski definition) is 1. The lowest BCUT2D eigenvalue weighted by atomic mass is 10.0. The predicted octanol–water partition coefficient (Wildman–Crippen LogP) is 11.0. The number of benzene rings is 1. The second kappa shape index (κ2) is 22.4. The first-order valence-corrected chi connectivity index (χ1v) is 18.0. The van der Waals surface area contributed by atoms with Gasteiger partial charge in [-0.3, -0.25) is 0 Å². The summed E-state index contributed by atoms with van der Waals surface area (Å²) < 4.78 is 0. The third-order valence-corrected chi connectivity index (χ3v) is 8.76. The molecule has 1 aromatic carbocycles. The zero-order chi connectivity index (χ0) is 28.0. The molecule has 2 aromatic rings. The second-order valence-corrected chi connectivity index (χ2v) is 12.8. The van der Waals surface area contributed by atoms with E-state index in [1.54, 1.807) is 23.5 Å². The first-order chi connectivity index (χ1) is 19.2. The van der Waals surface area contributed by atoms with Crippen molar-refractivity contribution in [2.24, 2.45) is 0 Å². The summed E-state index contributed by atoms with van der Waals surface area (Å²) in [6, 6.07) is 8.14. The van der Waals surface area contributed by atoms with E-state index in [0.717, 1.165) is 40.3 Å². The van der Waals surface area contributed by atoms with Gasteiger partial charge < -0.3 is 5.32 Å². The fourth-order valence-electron chi connectivity index (χ4n) is 4.52. The number of nitrogens with zero attached hydrogens (tertiary/aromatic N) is 3. The molecule has 1 heterocycles. The molecule has 0 amide bonds. The molecule has 6 heteroatoms. The first kappa shape index (κ1) is 33.9. The van der Waals surface area contributed by atoms with Crippen molar-refractivity contribution in [1.29, 1.82) is 0 Å². The second-order valence-electron chi connectivity index (χ2n) is 10.7. The van der Waals surface area contributed by atoms with Crippen LogP contribution in [0.2, 0.25) is 0 Å². The number of aryl methyl sites for hydroxylation is 2. The van der Waals surface area contributed by atoms with Crippen LogP contribution in [0, 0.1) is 6.07 Å². The fourth-order valence-corrected chi connectivity index (χ4v) is 6.24. The number of anilines is 2. The summed E-state index contributed by atoms with van der Waals surface area (Å²) >= 11 is 3.57. The molecule has 39 heavy (non-hydrogen) atoms. The number of aromatic nitrogens is 3. The Labute approximate surface area is 249 Å². The van der Waals surface area contributed by atoms with Crippen molar-refractivity contribution in [3.05, 3.63) is 29.3 Å². The van der Waals surface area contributed by atoms with Crippen molar-refractivity contribution < 1.29 is 0 Å². The highest BCUT2D eigenvalue weighted by Gasteiger charge is 2.10. The summed E-state index contributed by atoms with van der Waals surface area (Å²) in [6.45, 7) is 9.05. The molecule has 1 radical (unpaired) electrons. The summed E-state index contributed by atoms with van der Waals surface area (Å²) in [4.78, 5) is 14.5. The minimum Gasteiger partial charge on any atom is -0.324 e. The average molecular weight is 572 g/mol. The predicted molar refractivity (Wildman–Crippen MR) is 174 cm³/mol. The lowest BCUT2D eigenvalue weighted by Crippen LogP contribution is -2.04. The molecule has 2 rings (SSSR count). The maximum absolute atomic E-state index is 4.84. The molecule has 1 aromatic heterocycles. The number of unbranched alkanes of at least 4 members (excludes halogenated alkanes) is 12. The number of thioether (sulfide) groups is 2. The van der Waals surface area contributed by atoms with E-state index in [0.29, 0.717) is 5.95 Å². The normalized spacial score (nSPS) is 11.3. The zero-order valence-corrected chi connectivity index (χ0v) is 27.1. The topological polar surface area (TPSA) is 50.7 Å². The molecular weight excluding hydrogens is 517 g/mol. The minimum atomic E-state index is 0.676. The molecular formula is C33H55N4S2. The molecule has 0 spiro atoms. The van der Waals surface area contributed by atoms with E-state index in [4.69, 9.17) is 15.0 Å². The molecule has 0 saturated heterocycles. The summed E-state index contributed by atoms with van der Waals surface area (Å²) in [7, 11) is 0. The highest BCUT2D eigenvalue weighted by Crippen LogP contribution is 2.26. The lowest BCUT2D eigenvalue weighted by Gasteiger charge is -2.12. The van der Waals surface area contributed by atoms with Crippen LogP contribution in [0.15, 0.2) is 22.4 Å². The molecule has 219 valence electrons. The Kier molecular flexibility index (Phi) is 19.5. The van der Waals surface area contributed by atoms with Gasteiger partial charge in [0.2, 0.25) is 5.95 Å². The third kappa shape index (κ3) is 15.9. The van der Waals surface area contributed by atoms with Crippen LogP contribution < -0.4 is 5.32 Å². The number of nitrogens with one attached hydrogen (secondary N) is 1. The van der Waals surface area contributed by atoms with Crippen LogP contribution in [-0.4, -0.2) is 26.5 Å². The molecule has 0 saturated carbocycles. The van der Waals surface area contributed by atoms with Gasteiger partial charge in [-0.2, -0.15) is 15.0 Å². The largest absolute Gasteiger partial charge is 0.324 e. The van der Waals surface area contributed by atoms with Crippen molar-refractivity contribution in [1.82, 2.24) is 15.0 Å². The van der Waals surface area contributed by atoms with Crippen molar-refractivity contribution in [2.75, 3.05) is 16.8 Å². The van der Waals surface area contributed by atoms with E-state index in [9.17, 15) is 0 Å². The van der Waals surface area contributed by atoms with Gasteiger partial charge in [-0.25, -0.2) is 0 Å². The summed E-state index contributed by atoms with van der Waals surface area (Å²) in [6.07, 6.45) is 22.6. The fraction of sp³-hybridized carbons (Fsp3) is 0.727. The Morgan fingerprint density at radius 1 is 0.564 bits per heavy atom. The van der Waals surface area contributed by atoms with Gasteiger partial charge in [-0.15, -0.1) is 0 Å². The van der Waals surface area contributed by atoms with Crippen molar-refractivity contribution >= 4 is 35.2 Å². The molecule has 0 aliphatic carbocycles. The van der Waals surface area contributed by atoms with Gasteiger partial charge in [0.1, 0.15) is 0 Å². The summed E-state index contributed by atoms with van der Waals surface area (Å²) in [5.41, 5.74) is 3.66. The maximum Gasteiger partial charge on any atom is 0.232 e. The third-order valence-electron chi connectivity index (χ3n) is 6.89. The Balaban J connectivity index is 2.08. The van der Waals surface area contributed by atoms with Crippen LogP contribution in [0.25, 0.3) is 0 Å². The van der Waals surface area contributed by atoms with Gasteiger partial charge in [0.15, 0.2) is 10.3 Å². The van der Waals surface area contributed by atoms with Gasteiger partial charge in [0, 0.05) is 17.2 Å². The van der Waals surface area contributed by atoms with Crippen molar-refractivity contribution in [2.45, 2.75) is 154 Å². The van der Waals surface area contributed by atoms with Crippen LogP contribution >= 0.6 is 23.5 Å². The zero-order valence-electron chi connectivity index (χ0n) is 25.5. The molecule has 0 aliphatic heterocycles. The summed E-state index contributed by atoms with van der Waals surface area (Å²) in [5.74, 6) is 2.81. The van der Waals surface area contributed by atoms with E-state index >= 15 is 0 Å². The Morgan fingerprint density at radius 2 is 1.00 bits per heavy atom. The molecule has 0 atom stereocenters. The average Bonchev–Trinajstić information content (AvgIpc) is 2.94. The van der Waals surface area contributed by atoms with Crippen LogP contribution in [0.3, 0.4) is 0 Å². The van der Waals surface area contributed by atoms with Gasteiger partial charge >= 0.3 is 0 Å². The Hall–Kier alpha value is -1.27. The SMILES string of the molecule is CCCCCCCCSc1nc(Nc2cc(CCCC)[c]c(CCCC)c2)nc(SCCCCCCCC)n1. The first-order valence-electron chi connectivity index (χ1n) is 16.0. The highest BCUT2D eigenvalue weighted by molar-refractivity contribution is 7.99. The Bertz CT molecular complexity index is 828. The van der Waals surface area contributed by atoms with Crippen molar-refractivity contribution in [3.63, 3.8) is 0 Å². The monoisotopic (exact) mass is 571 g/mol. The highest BCUT2D eigenvalue weighted by atomic mass is 32.2. The molecule has 0 unspecified atom stereocenters. The van der Waals surface area contributed by atoms with E-state index in [2.05, 4.69) is 51.2 Å². The lowest BCUT2D eigenvalue weighted by molar-refractivity contribution is 0.626. The van der Waals surface area contributed by atoms with Gasteiger partial charge in [-0.05, 0) is 67.9 Å². The maximum atomic E-state index is 4.84. The van der Waals surface area contributed by atoms with Crippen LogP contribution in [-0.2, 0) is 12.8 Å². The molecule has 1 N–H and O–H groups in total. The molecule has 4 nitrogen and oxygen atoms in total. The van der Waals surface area contributed by atoms with Crippen molar-refractivity contribution in [3.8, 4) is 0 Å². The molecule has 0 aliphatic rings. The van der Waals surface area contributed by atoms with Crippen LogP contribution in [0.5, 0.6) is 0 Å². The van der Waals surface area contributed by atoms with E-state index < -0.39 is 0 Å². The molecule has 0 bridgehead atoms. The smallest absolute Gasteiger partial charge is 0.232 e. The van der Waals surface area contributed by atoms with Gasteiger partial charge in [0.05, 0.1) is 0 Å². The van der Waals surface area contributed by atoms with E-state index in [1.165, 1.54) is 114 Å². The summed E-state index contributed by atoms with van der Waals surface area (Å²) in [5, 5.41) is 5.27. The van der Waals surface area contributed by atoms with Gasteiger partial charge in [0.25, 0.3) is 0 Å². The van der Waals surface area contributed by atoms with Crippen LogP contribution in [0.1, 0.15) is 142 Å². The molecule has 0 fully saturated rings. The quantitative estimate of drug-likeness (QED) is 0.0998. The minimum absolute atomic E-state index is 0.676. The van der Waals surface area contributed by atoms with Gasteiger partial charge in [-0.1, -0.05) is 128 Å². The standard InChI is InChI=1S/C33H55N4S2/c1-5-9-13-15-17-19-23-38-32-35-31(36-33(37-32)39-24-20-18-16-14-10-6-2)34-30-26-28(21-11-7-3)25-29(27-30)22-12-8-4/h26-27H,5-24H2,1-4H3,(H,34,35,36,37).